The SMILES string of the molecule is COC(=O)OCc1ccc(NC(=O)[C@H](CCCNC(N)=O)NC(=O)[C@@H](NC(=O)CCCCCN2C(=O)C=CC2=O)C(C)C)cc1. The second kappa shape index (κ2) is 18.7. The average molecular weight is 631 g/mol. The monoisotopic (exact) mass is 630 g/mol. The van der Waals surface area contributed by atoms with E-state index >= 15 is 0 Å². The van der Waals surface area contributed by atoms with E-state index in [1.54, 1.807) is 38.1 Å². The fraction of sp³-hybridized carbons (Fsp3) is 0.500. The van der Waals surface area contributed by atoms with E-state index in [1.165, 1.54) is 19.3 Å². The molecule has 15 heteroatoms. The van der Waals surface area contributed by atoms with Crippen molar-refractivity contribution in [3.63, 3.8) is 0 Å². The van der Waals surface area contributed by atoms with Crippen molar-refractivity contribution in [1.29, 1.82) is 0 Å². The van der Waals surface area contributed by atoms with Gasteiger partial charge in [-0.15, -0.1) is 0 Å². The zero-order valence-corrected chi connectivity index (χ0v) is 25.8. The molecular formula is C30H42N6O9. The van der Waals surface area contributed by atoms with E-state index in [1.807, 2.05) is 0 Å². The Kier molecular flexibility index (Phi) is 15.0. The third kappa shape index (κ3) is 13.1. The molecule has 1 aromatic carbocycles. The molecule has 0 fully saturated rings. The second-order valence-corrected chi connectivity index (χ2v) is 10.7. The van der Waals surface area contributed by atoms with Gasteiger partial charge >= 0.3 is 12.2 Å². The minimum Gasteiger partial charge on any atom is -0.438 e. The van der Waals surface area contributed by atoms with Gasteiger partial charge in [0.1, 0.15) is 18.7 Å². The zero-order valence-electron chi connectivity index (χ0n) is 25.8. The first-order valence-corrected chi connectivity index (χ1v) is 14.7. The summed E-state index contributed by atoms with van der Waals surface area (Å²) in [6.45, 7) is 3.97. The Hall–Kier alpha value is -4.95. The average Bonchev–Trinajstić information content (AvgIpc) is 3.32. The molecule has 1 aromatic rings. The van der Waals surface area contributed by atoms with Crippen molar-refractivity contribution in [1.82, 2.24) is 20.9 Å². The van der Waals surface area contributed by atoms with Crippen LogP contribution in [0.5, 0.6) is 0 Å². The van der Waals surface area contributed by atoms with Crippen LogP contribution in [0.25, 0.3) is 0 Å². The summed E-state index contributed by atoms with van der Waals surface area (Å²) in [6.07, 6.45) is 3.90. The van der Waals surface area contributed by atoms with Crippen molar-refractivity contribution in [2.24, 2.45) is 11.7 Å². The first kappa shape index (κ1) is 36.2. The van der Waals surface area contributed by atoms with Gasteiger partial charge in [0.25, 0.3) is 11.8 Å². The fourth-order valence-electron chi connectivity index (χ4n) is 4.33. The number of anilines is 1. The van der Waals surface area contributed by atoms with E-state index in [2.05, 4.69) is 26.0 Å². The molecule has 0 bridgehead atoms. The van der Waals surface area contributed by atoms with E-state index in [9.17, 15) is 33.6 Å². The van der Waals surface area contributed by atoms with E-state index in [-0.39, 0.29) is 56.2 Å². The van der Waals surface area contributed by atoms with Crippen LogP contribution in [0.15, 0.2) is 36.4 Å². The van der Waals surface area contributed by atoms with Crippen molar-refractivity contribution >= 4 is 47.4 Å². The predicted molar refractivity (Wildman–Crippen MR) is 162 cm³/mol. The predicted octanol–water partition coefficient (Wildman–Crippen LogP) is 1.47. The molecule has 0 saturated carbocycles. The summed E-state index contributed by atoms with van der Waals surface area (Å²) in [5.74, 6) is -2.40. The zero-order chi connectivity index (χ0) is 33.4. The van der Waals surface area contributed by atoms with E-state index in [0.717, 1.165) is 4.90 Å². The van der Waals surface area contributed by atoms with Gasteiger partial charge in [0.05, 0.1) is 7.11 Å². The molecule has 2 rings (SSSR count). The Morgan fingerprint density at radius 1 is 0.889 bits per heavy atom. The molecule has 15 nitrogen and oxygen atoms in total. The van der Waals surface area contributed by atoms with Crippen molar-refractivity contribution in [2.75, 3.05) is 25.5 Å². The lowest BCUT2D eigenvalue weighted by Crippen LogP contribution is -2.54. The Labute approximate surface area is 261 Å². The van der Waals surface area contributed by atoms with Crippen molar-refractivity contribution in [3.05, 3.63) is 42.0 Å². The summed E-state index contributed by atoms with van der Waals surface area (Å²) >= 11 is 0. The van der Waals surface area contributed by atoms with Crippen LogP contribution in [-0.4, -0.2) is 78.9 Å². The number of methoxy groups -OCH3 is 1. The van der Waals surface area contributed by atoms with Crippen LogP contribution in [0.2, 0.25) is 0 Å². The van der Waals surface area contributed by atoms with Crippen LogP contribution < -0.4 is 27.0 Å². The van der Waals surface area contributed by atoms with Gasteiger partial charge in [-0.25, -0.2) is 9.59 Å². The third-order valence-electron chi connectivity index (χ3n) is 6.80. The van der Waals surface area contributed by atoms with Gasteiger partial charge in [0, 0.05) is 37.3 Å². The number of urea groups is 1. The molecule has 1 aliphatic heterocycles. The highest BCUT2D eigenvalue weighted by Crippen LogP contribution is 2.13. The molecular weight excluding hydrogens is 588 g/mol. The van der Waals surface area contributed by atoms with Gasteiger partial charge in [0.15, 0.2) is 0 Å². The number of hydrogen-bond donors (Lipinski definition) is 5. The molecule has 1 aliphatic rings. The number of carbonyl (C=O) groups excluding carboxylic acids is 7. The summed E-state index contributed by atoms with van der Waals surface area (Å²) in [5, 5.41) is 10.6. The number of rotatable bonds is 18. The lowest BCUT2D eigenvalue weighted by molar-refractivity contribution is -0.137. The lowest BCUT2D eigenvalue weighted by atomic mass is 10.0. The van der Waals surface area contributed by atoms with Gasteiger partial charge in [-0.2, -0.15) is 0 Å². The van der Waals surface area contributed by atoms with Gasteiger partial charge in [0.2, 0.25) is 17.7 Å². The maximum atomic E-state index is 13.3. The number of benzene rings is 1. The third-order valence-corrected chi connectivity index (χ3v) is 6.80. The molecule has 0 radical (unpaired) electrons. The second-order valence-electron chi connectivity index (χ2n) is 10.7. The first-order chi connectivity index (χ1) is 21.4. The van der Waals surface area contributed by atoms with Crippen molar-refractivity contribution in [3.8, 4) is 0 Å². The topological polar surface area (TPSA) is 215 Å². The lowest BCUT2D eigenvalue weighted by Gasteiger charge is -2.25. The highest BCUT2D eigenvalue weighted by atomic mass is 16.7. The molecule has 0 aliphatic carbocycles. The molecule has 0 spiro atoms. The molecule has 6 N–H and O–H groups in total. The van der Waals surface area contributed by atoms with Crippen LogP contribution in [0.4, 0.5) is 15.3 Å². The van der Waals surface area contributed by atoms with Crippen molar-refractivity contribution in [2.45, 2.75) is 71.1 Å². The molecule has 246 valence electrons. The maximum absolute atomic E-state index is 13.3. The summed E-state index contributed by atoms with van der Waals surface area (Å²) in [4.78, 5) is 85.8. The number of nitrogens with zero attached hydrogens (tertiary/aromatic N) is 1. The molecule has 0 saturated heterocycles. The first-order valence-electron chi connectivity index (χ1n) is 14.7. The maximum Gasteiger partial charge on any atom is 0.508 e. The van der Waals surface area contributed by atoms with Crippen LogP contribution in [0.1, 0.15) is 57.9 Å². The number of imide groups is 1. The number of amides is 7. The fourth-order valence-corrected chi connectivity index (χ4v) is 4.33. The van der Waals surface area contributed by atoms with Crippen LogP contribution in [-0.2, 0) is 40.1 Å². The van der Waals surface area contributed by atoms with Gasteiger partial charge in [-0.05, 0) is 49.3 Å². The van der Waals surface area contributed by atoms with Crippen molar-refractivity contribution < 1.29 is 43.0 Å². The quantitative estimate of drug-likeness (QED) is 0.0900. The van der Waals surface area contributed by atoms with E-state index < -0.39 is 36.1 Å². The molecule has 2 atom stereocenters. The highest BCUT2D eigenvalue weighted by Gasteiger charge is 2.29. The van der Waals surface area contributed by atoms with Crippen LogP contribution >= 0.6 is 0 Å². The number of primary amides is 1. The summed E-state index contributed by atoms with van der Waals surface area (Å²) in [5.41, 5.74) is 6.20. The smallest absolute Gasteiger partial charge is 0.438 e. The highest BCUT2D eigenvalue weighted by molar-refractivity contribution is 6.12. The van der Waals surface area contributed by atoms with E-state index in [4.69, 9.17) is 10.5 Å². The van der Waals surface area contributed by atoms with Gasteiger partial charge < -0.3 is 36.5 Å². The summed E-state index contributed by atoms with van der Waals surface area (Å²) in [7, 11) is 1.20. The molecule has 45 heavy (non-hydrogen) atoms. The Morgan fingerprint density at radius 3 is 2.16 bits per heavy atom. The Balaban J connectivity index is 1.94. The largest absolute Gasteiger partial charge is 0.508 e. The Bertz CT molecular complexity index is 1230. The molecule has 1 heterocycles. The molecule has 0 aromatic heterocycles. The van der Waals surface area contributed by atoms with Gasteiger partial charge in [-0.1, -0.05) is 32.4 Å². The minimum atomic E-state index is -1.00. The van der Waals surface area contributed by atoms with E-state index in [0.29, 0.717) is 36.9 Å². The number of ether oxygens (including phenoxy) is 2. The standard InChI is InChI=1S/C30H42N6O9/c1-19(2)26(35-23(37)9-5-4-6-17-36-24(38)14-15-25(36)39)28(41)34-22(8-7-16-32-29(31)42)27(40)33-21-12-10-20(11-13-21)18-45-30(43)44-3/h10-15,19,22,26H,4-9,16-18H2,1-3H3,(H,33,40)(H,34,41)(H,35,37)(H3,31,32,42)/t22-,26-/m0/s1. The number of nitrogens with one attached hydrogen (secondary N) is 4. The number of carbonyl (C=O) groups is 7. The Morgan fingerprint density at radius 2 is 1.56 bits per heavy atom. The summed E-state index contributed by atoms with van der Waals surface area (Å²) in [6, 6.07) is 3.88. The number of unbranched alkanes of at least 4 members (excludes halogenated alkanes) is 2. The normalized spacial score (nSPS) is 13.6. The number of nitrogens with two attached hydrogens (primary N) is 1. The molecule has 7 amide bonds. The summed E-state index contributed by atoms with van der Waals surface area (Å²) < 4.78 is 9.32. The van der Waals surface area contributed by atoms with Crippen LogP contribution in [0.3, 0.4) is 0 Å². The van der Waals surface area contributed by atoms with Crippen LogP contribution in [0, 0.1) is 5.92 Å². The number of hydrogen-bond acceptors (Lipinski definition) is 9. The molecule has 0 unspecified atom stereocenters. The van der Waals surface area contributed by atoms with Gasteiger partial charge in [-0.3, -0.25) is 28.9 Å². The minimum absolute atomic E-state index is 0.0207.